The molecule has 1 aliphatic rings. The summed E-state index contributed by atoms with van der Waals surface area (Å²) in [6.45, 7) is 23.5. The Morgan fingerprint density at radius 2 is 1.03 bits per heavy atom. The Labute approximate surface area is 458 Å². The van der Waals surface area contributed by atoms with E-state index in [-0.39, 0.29) is 16.2 Å². The summed E-state index contributed by atoms with van der Waals surface area (Å²) in [4.78, 5) is 7.46. The van der Waals surface area contributed by atoms with Crippen LogP contribution in [0.15, 0.2) is 206 Å². The number of hydrogen-bond acceptors (Lipinski definition) is 3. The van der Waals surface area contributed by atoms with E-state index in [1.165, 1.54) is 93.1 Å². The third-order valence-corrected chi connectivity index (χ3v) is 16.3. The molecule has 3 aromatic heterocycles. The van der Waals surface area contributed by atoms with Crippen LogP contribution >= 0.6 is 0 Å². The fourth-order valence-corrected chi connectivity index (χ4v) is 12.0. The largest absolute Gasteiger partial charge is 0.457 e. The number of anilines is 2. The van der Waals surface area contributed by atoms with Crippen molar-refractivity contribution in [2.45, 2.75) is 92.2 Å². The molecule has 0 fully saturated rings. The fourth-order valence-electron chi connectivity index (χ4n) is 12.0. The molecule has 0 atom stereocenters. The van der Waals surface area contributed by atoms with E-state index < -0.39 is 0 Å². The Morgan fingerprint density at radius 3 is 1.76 bits per heavy atom. The molecule has 384 valence electrons. The average molecular weight is 1020 g/mol. The van der Waals surface area contributed by atoms with Crippen LogP contribution < -0.4 is 9.64 Å². The minimum atomic E-state index is -0.0589. The predicted molar refractivity (Wildman–Crippen MR) is 331 cm³/mol. The molecule has 9 aromatic carbocycles. The van der Waals surface area contributed by atoms with E-state index in [9.17, 15) is 0 Å². The normalized spacial score (nSPS) is 12.9. The lowest BCUT2D eigenvalue weighted by molar-refractivity contribution is 0.479. The SMILES string of the molecule is Cc1c(Oc2cccc(N3Cn4c5c(-c6cc(C(C)(C)C)cc(C(C)(C)C)c6)cccc5c5ccccc5c5cc(-c6ccccc6)ccc5c5cccc3c54)c2)ccc2c3ccccc3n(-c3cc(C(C)(C)C)ccn3)c12. The van der Waals surface area contributed by atoms with E-state index >= 15 is 0 Å². The molecule has 0 radical (unpaired) electrons. The molecule has 0 saturated heterocycles. The summed E-state index contributed by atoms with van der Waals surface area (Å²) in [5.74, 6) is 2.47. The fraction of sp³-hybridized carbons (Fsp3) is 0.192. The first kappa shape index (κ1) is 48.9. The lowest BCUT2D eigenvalue weighted by Crippen LogP contribution is -2.17. The summed E-state index contributed by atoms with van der Waals surface area (Å²) in [5.41, 5.74) is 16.4. The van der Waals surface area contributed by atoms with Crippen LogP contribution in [0.25, 0.3) is 93.2 Å². The molecule has 78 heavy (non-hydrogen) atoms. The molecule has 5 heteroatoms. The number of hydrogen-bond donors (Lipinski definition) is 0. The van der Waals surface area contributed by atoms with Crippen LogP contribution in [0.2, 0.25) is 0 Å². The summed E-state index contributed by atoms with van der Waals surface area (Å²) in [6, 6.07) is 74.1. The number of pyridine rings is 1. The van der Waals surface area contributed by atoms with Crippen molar-refractivity contribution >= 4 is 76.5 Å². The first-order chi connectivity index (χ1) is 37.5. The lowest BCUT2D eigenvalue weighted by atomic mass is 9.78. The van der Waals surface area contributed by atoms with Crippen molar-refractivity contribution in [2.75, 3.05) is 4.90 Å². The number of rotatable bonds is 6. The molecule has 0 amide bonds. The van der Waals surface area contributed by atoms with E-state index in [1.807, 2.05) is 6.20 Å². The zero-order valence-corrected chi connectivity index (χ0v) is 46.5. The topological polar surface area (TPSA) is 35.2 Å². The van der Waals surface area contributed by atoms with Gasteiger partial charge in [-0.25, -0.2) is 4.98 Å². The van der Waals surface area contributed by atoms with Gasteiger partial charge in [-0.3, -0.25) is 4.57 Å². The van der Waals surface area contributed by atoms with Gasteiger partial charge in [0.05, 0.1) is 27.8 Å². The highest BCUT2D eigenvalue weighted by atomic mass is 16.5. The number of fused-ring (bicyclic) bond motifs is 10. The van der Waals surface area contributed by atoms with Crippen LogP contribution in [0.4, 0.5) is 11.4 Å². The van der Waals surface area contributed by atoms with Crippen LogP contribution in [0.5, 0.6) is 11.5 Å². The van der Waals surface area contributed by atoms with Gasteiger partial charge >= 0.3 is 0 Å². The number of ether oxygens (including phenoxy) is 1. The zero-order chi connectivity index (χ0) is 53.8. The van der Waals surface area contributed by atoms with Crippen molar-refractivity contribution in [1.29, 1.82) is 0 Å². The monoisotopic (exact) mass is 1010 g/mol. The number of aryl methyl sites for hydroxylation is 1. The zero-order valence-electron chi connectivity index (χ0n) is 46.5. The first-order valence-electron chi connectivity index (χ1n) is 27.5. The molecule has 0 unspecified atom stereocenters. The molecule has 1 aliphatic heterocycles. The van der Waals surface area contributed by atoms with E-state index in [4.69, 9.17) is 9.72 Å². The highest BCUT2D eigenvalue weighted by molar-refractivity contribution is 6.22. The van der Waals surface area contributed by atoms with Gasteiger partial charge in [0.2, 0.25) is 0 Å². The average Bonchev–Trinajstić information content (AvgIpc) is 4.24. The number of benzene rings is 9. The number of nitrogens with zero attached hydrogens (tertiary/aromatic N) is 4. The second kappa shape index (κ2) is 18.2. The van der Waals surface area contributed by atoms with Crippen LogP contribution in [0, 0.1) is 6.92 Å². The molecule has 0 aliphatic carbocycles. The molecular weight excluding hydrogens is 949 g/mol. The van der Waals surface area contributed by atoms with E-state index in [1.54, 1.807) is 0 Å². The van der Waals surface area contributed by atoms with Gasteiger partial charge in [-0.2, -0.15) is 0 Å². The van der Waals surface area contributed by atoms with Gasteiger partial charge in [0.1, 0.15) is 24.0 Å². The summed E-state index contributed by atoms with van der Waals surface area (Å²) in [6.07, 6.45) is 1.94. The van der Waals surface area contributed by atoms with Gasteiger partial charge in [-0.15, -0.1) is 0 Å². The molecule has 0 saturated carbocycles. The van der Waals surface area contributed by atoms with E-state index in [0.29, 0.717) is 6.67 Å². The van der Waals surface area contributed by atoms with Gasteiger partial charge in [0.25, 0.3) is 0 Å². The minimum Gasteiger partial charge on any atom is -0.457 e. The smallest absolute Gasteiger partial charge is 0.137 e. The molecule has 0 spiro atoms. The quantitative estimate of drug-likeness (QED) is 0.166. The maximum atomic E-state index is 7.09. The van der Waals surface area contributed by atoms with Crippen LogP contribution in [0.1, 0.15) is 84.6 Å². The Hall–Kier alpha value is -8.67. The third-order valence-electron chi connectivity index (χ3n) is 16.3. The van der Waals surface area contributed by atoms with Crippen LogP contribution in [-0.4, -0.2) is 14.1 Å². The molecular formula is C73H66N4O. The summed E-state index contributed by atoms with van der Waals surface area (Å²) >= 11 is 0. The van der Waals surface area contributed by atoms with Gasteiger partial charge < -0.3 is 14.2 Å². The van der Waals surface area contributed by atoms with Gasteiger partial charge in [-0.05, 0) is 133 Å². The second-order valence-electron chi connectivity index (χ2n) is 24.5. The Balaban J connectivity index is 1.04. The minimum absolute atomic E-state index is 0.0306. The summed E-state index contributed by atoms with van der Waals surface area (Å²) in [7, 11) is 0. The van der Waals surface area contributed by atoms with Crippen molar-refractivity contribution in [3.63, 3.8) is 0 Å². The summed E-state index contributed by atoms with van der Waals surface area (Å²) < 4.78 is 12.0. The maximum Gasteiger partial charge on any atom is 0.137 e. The van der Waals surface area contributed by atoms with E-state index in [0.717, 1.165) is 45.3 Å². The molecule has 12 aromatic rings. The van der Waals surface area contributed by atoms with Crippen molar-refractivity contribution < 1.29 is 4.74 Å². The second-order valence-corrected chi connectivity index (χ2v) is 24.5. The number of para-hydroxylation sites is 3. The lowest BCUT2D eigenvalue weighted by Gasteiger charge is -2.27. The first-order valence-corrected chi connectivity index (χ1v) is 27.5. The third kappa shape index (κ3) is 8.26. The van der Waals surface area contributed by atoms with Crippen molar-refractivity contribution in [3.05, 3.63) is 229 Å². The van der Waals surface area contributed by atoms with Gasteiger partial charge in [0.15, 0.2) is 0 Å². The standard InChI is InChI=1S/C73H66N4O/c1-46-66(36-35-62-59-27-16-17-31-64(59)77(68(46)62)67-43-50(37-38-74-67)71(2,3)4)78-54-24-18-23-53(44-54)75-45-76-69-55(49-39-51(72(5,6)7)42-52(40-49)73(8,9)10)28-19-29-60(69)56-25-14-15-26-57(56)63-41-48(47-21-12-11-13-22-47)33-34-58(63)61-30-20-32-65(75)70(61)76/h11-44H,45H2,1-10H3. The molecule has 0 N–H and O–H groups in total. The highest BCUT2D eigenvalue weighted by Crippen LogP contribution is 2.47. The Kier molecular flexibility index (Phi) is 11.4. The molecule has 5 nitrogen and oxygen atoms in total. The summed E-state index contributed by atoms with van der Waals surface area (Å²) in [5, 5.41) is 9.57. The molecule has 13 rings (SSSR count). The maximum absolute atomic E-state index is 7.09. The number of aromatic nitrogens is 3. The Morgan fingerprint density at radius 1 is 0.423 bits per heavy atom. The molecule has 0 bridgehead atoms. The van der Waals surface area contributed by atoms with Gasteiger partial charge in [-0.1, -0.05) is 202 Å². The van der Waals surface area contributed by atoms with Crippen molar-refractivity contribution in [2.24, 2.45) is 0 Å². The van der Waals surface area contributed by atoms with Crippen LogP contribution in [-0.2, 0) is 22.9 Å². The van der Waals surface area contributed by atoms with Crippen LogP contribution in [0.3, 0.4) is 0 Å². The predicted octanol–water partition coefficient (Wildman–Crippen LogP) is 20.2. The van der Waals surface area contributed by atoms with E-state index in [2.05, 4.69) is 283 Å². The van der Waals surface area contributed by atoms with Gasteiger partial charge in [0, 0.05) is 50.6 Å². The Bertz CT molecular complexity index is 4430. The highest BCUT2D eigenvalue weighted by Gasteiger charge is 2.28. The van der Waals surface area contributed by atoms with Crippen molar-refractivity contribution in [1.82, 2.24) is 14.1 Å². The van der Waals surface area contributed by atoms with Crippen molar-refractivity contribution in [3.8, 4) is 39.6 Å². The molecule has 4 heterocycles.